The van der Waals surface area contributed by atoms with Crippen LogP contribution >= 0.6 is 0 Å². The highest BCUT2D eigenvalue weighted by atomic mass is 32.2. The Morgan fingerprint density at radius 1 is 1.29 bits per heavy atom. The lowest BCUT2D eigenvalue weighted by Crippen LogP contribution is -2.41. The van der Waals surface area contributed by atoms with E-state index in [2.05, 4.69) is 0 Å². The Kier molecular flexibility index (Phi) is 4.18. The molecule has 116 valence electrons. The van der Waals surface area contributed by atoms with E-state index in [-0.39, 0.29) is 16.9 Å². The number of rotatable bonds is 3. The summed E-state index contributed by atoms with van der Waals surface area (Å²) in [4.78, 5) is 0. The van der Waals surface area contributed by atoms with Crippen LogP contribution in [0.1, 0.15) is 33.3 Å². The summed E-state index contributed by atoms with van der Waals surface area (Å²) in [5.74, 6) is -0.857. The van der Waals surface area contributed by atoms with Crippen LogP contribution in [0, 0.1) is 5.82 Å². The fourth-order valence-electron chi connectivity index (χ4n) is 2.06. The van der Waals surface area contributed by atoms with Crippen LogP contribution in [0.5, 0.6) is 0 Å². The molecule has 21 heavy (non-hydrogen) atoms. The van der Waals surface area contributed by atoms with Crippen molar-refractivity contribution in [2.45, 2.75) is 44.6 Å². The second-order valence-electron chi connectivity index (χ2n) is 6.11. The summed E-state index contributed by atoms with van der Waals surface area (Å²) in [6, 6.07) is 2.49. The van der Waals surface area contributed by atoms with Crippen LogP contribution in [0.3, 0.4) is 0 Å². The molecule has 0 radical (unpaired) electrons. The molecule has 1 saturated heterocycles. The van der Waals surface area contributed by atoms with Crippen molar-refractivity contribution in [2.24, 2.45) is 0 Å². The van der Waals surface area contributed by atoms with Crippen LogP contribution in [0.25, 0.3) is 0 Å². The van der Waals surface area contributed by atoms with Crippen LogP contribution in [-0.2, 0) is 26.1 Å². The molecule has 0 saturated carbocycles. The van der Waals surface area contributed by atoms with Gasteiger partial charge in [-0.1, -0.05) is 17.1 Å². The Hall–Kier alpha value is -0.955. The molecule has 1 atom stereocenters. The first-order valence-electron chi connectivity index (χ1n) is 6.53. The lowest BCUT2D eigenvalue weighted by Gasteiger charge is -2.32. The van der Waals surface area contributed by atoms with Crippen LogP contribution in [0.4, 0.5) is 10.1 Å². The molecule has 1 aliphatic rings. The van der Waals surface area contributed by atoms with Crippen molar-refractivity contribution < 1.29 is 22.5 Å². The number of hydrogen-bond donors (Lipinski definition) is 1. The third-order valence-corrected chi connectivity index (χ3v) is 4.59. The SMILES string of the molecule is CC1(C)OB(c2cc(CS(=O)[O-])c(N)cc2F)OC1(C)C. The first kappa shape index (κ1) is 16.4. The highest BCUT2D eigenvalue weighted by Crippen LogP contribution is 2.36. The van der Waals surface area contributed by atoms with Gasteiger partial charge in [-0.15, -0.1) is 0 Å². The van der Waals surface area contributed by atoms with Crippen molar-refractivity contribution in [1.82, 2.24) is 0 Å². The van der Waals surface area contributed by atoms with E-state index in [9.17, 15) is 13.2 Å². The van der Waals surface area contributed by atoms with Gasteiger partial charge in [-0.25, -0.2) is 4.39 Å². The van der Waals surface area contributed by atoms with Crippen molar-refractivity contribution in [3.05, 3.63) is 23.5 Å². The molecule has 1 aromatic carbocycles. The van der Waals surface area contributed by atoms with E-state index in [1.165, 1.54) is 6.07 Å². The second-order valence-corrected chi connectivity index (χ2v) is 7.01. The molecule has 1 heterocycles. The number of nitrogens with two attached hydrogens (primary N) is 1. The number of benzene rings is 1. The van der Waals surface area contributed by atoms with E-state index in [4.69, 9.17) is 15.0 Å². The second kappa shape index (κ2) is 5.35. The Bertz CT molecular complexity index is 578. The van der Waals surface area contributed by atoms with Gasteiger partial charge in [-0.2, -0.15) is 0 Å². The van der Waals surface area contributed by atoms with Gasteiger partial charge >= 0.3 is 7.12 Å². The molecule has 2 N–H and O–H groups in total. The Morgan fingerprint density at radius 3 is 2.29 bits per heavy atom. The average molecular weight is 314 g/mol. The molecule has 8 heteroatoms. The van der Waals surface area contributed by atoms with Gasteiger partial charge in [0.25, 0.3) is 0 Å². The van der Waals surface area contributed by atoms with Crippen LogP contribution in [0.15, 0.2) is 12.1 Å². The molecular formula is C13H18BFNO4S-. The third-order valence-electron chi connectivity index (χ3n) is 4.04. The Balaban J connectivity index is 2.39. The standard InChI is InChI=1S/C13H19BFNO4S/c1-12(2)13(3,4)20-14(19-12)9-5-8(7-21(17)18)11(16)6-10(9)15/h5-6H,7,16H2,1-4H3,(H,17,18)/p-1. The van der Waals surface area contributed by atoms with Crippen molar-refractivity contribution in [3.8, 4) is 0 Å². The van der Waals surface area contributed by atoms with E-state index >= 15 is 0 Å². The molecular weight excluding hydrogens is 296 g/mol. The zero-order valence-corrected chi connectivity index (χ0v) is 13.3. The highest BCUT2D eigenvalue weighted by Gasteiger charge is 2.52. The van der Waals surface area contributed by atoms with Crippen molar-refractivity contribution >= 4 is 29.3 Å². The van der Waals surface area contributed by atoms with Crippen molar-refractivity contribution in [2.75, 3.05) is 5.73 Å². The monoisotopic (exact) mass is 314 g/mol. The van der Waals surface area contributed by atoms with Crippen molar-refractivity contribution in [1.29, 1.82) is 0 Å². The minimum atomic E-state index is -2.31. The summed E-state index contributed by atoms with van der Waals surface area (Å²) in [6.07, 6.45) is 0. The van der Waals surface area contributed by atoms with Gasteiger partial charge in [0.1, 0.15) is 5.82 Å². The molecule has 0 aliphatic carbocycles. The highest BCUT2D eigenvalue weighted by molar-refractivity contribution is 7.78. The largest absolute Gasteiger partial charge is 0.772 e. The number of anilines is 1. The van der Waals surface area contributed by atoms with Gasteiger partial charge in [0.15, 0.2) is 0 Å². The topological polar surface area (TPSA) is 84.6 Å². The van der Waals surface area contributed by atoms with Gasteiger partial charge in [0.05, 0.1) is 11.2 Å². The molecule has 5 nitrogen and oxygen atoms in total. The Labute approximate surface area is 126 Å². The summed E-state index contributed by atoms with van der Waals surface area (Å²) in [7, 11) is -0.894. The molecule has 0 amide bonds. The molecule has 0 aromatic heterocycles. The smallest absolute Gasteiger partial charge is 0.497 e. The first-order chi connectivity index (χ1) is 9.53. The number of nitrogen functional groups attached to an aromatic ring is 1. The predicted molar refractivity (Wildman–Crippen MR) is 79.2 cm³/mol. The first-order valence-corrected chi connectivity index (χ1v) is 7.77. The van der Waals surface area contributed by atoms with E-state index in [0.717, 1.165) is 6.07 Å². The maximum absolute atomic E-state index is 14.1. The van der Waals surface area contributed by atoms with Gasteiger partial charge < -0.3 is 19.6 Å². The third kappa shape index (κ3) is 3.13. The van der Waals surface area contributed by atoms with Crippen LogP contribution in [-0.4, -0.2) is 27.1 Å². The zero-order valence-electron chi connectivity index (χ0n) is 12.4. The normalized spacial score (nSPS) is 21.5. The van der Waals surface area contributed by atoms with Gasteiger partial charge in [0, 0.05) is 16.9 Å². The molecule has 2 rings (SSSR count). The van der Waals surface area contributed by atoms with E-state index in [1.54, 1.807) is 0 Å². The van der Waals surface area contributed by atoms with Gasteiger partial charge in [0.2, 0.25) is 0 Å². The maximum Gasteiger partial charge on any atom is 0.497 e. The zero-order chi connectivity index (χ0) is 16.0. The summed E-state index contributed by atoms with van der Waals surface area (Å²) in [5.41, 5.74) is 5.02. The lowest BCUT2D eigenvalue weighted by atomic mass is 9.77. The van der Waals surface area contributed by atoms with E-state index in [0.29, 0.717) is 5.56 Å². The minimum absolute atomic E-state index is 0.0944. The maximum atomic E-state index is 14.1. The lowest BCUT2D eigenvalue weighted by molar-refractivity contribution is 0.00578. The molecule has 0 bridgehead atoms. The number of halogens is 1. The Morgan fingerprint density at radius 2 is 1.81 bits per heavy atom. The fraction of sp³-hybridized carbons (Fsp3) is 0.538. The average Bonchev–Trinajstić information content (AvgIpc) is 2.51. The van der Waals surface area contributed by atoms with Gasteiger partial charge in [-0.3, -0.25) is 4.21 Å². The molecule has 1 unspecified atom stereocenters. The van der Waals surface area contributed by atoms with E-state index in [1.807, 2.05) is 27.7 Å². The summed E-state index contributed by atoms with van der Waals surface area (Å²) in [6.45, 7) is 7.43. The molecule has 1 aromatic rings. The van der Waals surface area contributed by atoms with Crippen LogP contribution in [0.2, 0.25) is 0 Å². The number of hydrogen-bond acceptors (Lipinski definition) is 5. The summed E-state index contributed by atoms with van der Waals surface area (Å²) >= 11 is -2.31. The molecule has 1 fully saturated rings. The van der Waals surface area contributed by atoms with E-state index < -0.39 is 35.2 Å². The predicted octanol–water partition coefficient (Wildman–Crippen LogP) is 1.09. The quantitative estimate of drug-likeness (QED) is 0.513. The molecule has 1 aliphatic heterocycles. The van der Waals surface area contributed by atoms with Crippen LogP contribution < -0.4 is 11.2 Å². The fourth-order valence-corrected chi connectivity index (χ4v) is 2.56. The van der Waals surface area contributed by atoms with Crippen molar-refractivity contribution in [3.63, 3.8) is 0 Å². The molecule has 0 spiro atoms. The van der Waals surface area contributed by atoms with Gasteiger partial charge in [-0.05, 0) is 39.3 Å². The minimum Gasteiger partial charge on any atom is -0.772 e. The summed E-state index contributed by atoms with van der Waals surface area (Å²) in [5, 5.41) is 0. The summed E-state index contributed by atoms with van der Waals surface area (Å²) < 4.78 is 47.3.